The Kier molecular flexibility index (Phi) is 22.3. The van der Waals surface area contributed by atoms with Gasteiger partial charge in [-0.2, -0.15) is 0 Å². The Morgan fingerprint density at radius 2 is 1.17 bits per heavy atom. The van der Waals surface area contributed by atoms with Crippen LogP contribution in [0.2, 0.25) is 0 Å². The molecule has 0 bridgehead atoms. The van der Waals surface area contributed by atoms with Gasteiger partial charge in [0.1, 0.15) is 5.78 Å². The van der Waals surface area contributed by atoms with Gasteiger partial charge in [0, 0.05) is 26.1 Å². The maximum Gasteiger partial charge on any atom is 0.130 e. The lowest BCUT2D eigenvalue weighted by Gasteiger charge is -2.03. The highest BCUT2D eigenvalue weighted by Gasteiger charge is 1.98. The van der Waals surface area contributed by atoms with Gasteiger partial charge < -0.3 is 15.0 Å². The Labute approximate surface area is 180 Å². The molecule has 0 aliphatic rings. The first-order chi connectivity index (χ1) is 14.2. The summed E-state index contributed by atoms with van der Waals surface area (Å²) in [6.45, 7) is 2.29. The van der Waals surface area contributed by atoms with Gasteiger partial charge in [0.05, 0.1) is 0 Å². The minimum Gasteiger partial charge on any atom is -0.396 e. The molecule has 0 rings (SSSR count). The Bertz CT molecular complexity index is 456. The number of allylic oxidation sites excluding steroid dienone is 2. The second kappa shape index (κ2) is 23.2. The van der Waals surface area contributed by atoms with E-state index in [4.69, 9.17) is 10.2 Å². The highest BCUT2D eigenvalue weighted by Crippen LogP contribution is 2.14. The van der Waals surface area contributed by atoms with Crippen LogP contribution in [-0.2, 0) is 4.79 Å². The zero-order valence-electron chi connectivity index (χ0n) is 19.0. The smallest absolute Gasteiger partial charge is 0.130 e. The van der Waals surface area contributed by atoms with Crippen LogP contribution in [0.3, 0.4) is 0 Å². The molecule has 0 aromatic heterocycles. The minimum absolute atomic E-state index is 0.246. The van der Waals surface area contributed by atoms with Crippen molar-refractivity contribution < 1.29 is 15.0 Å². The zero-order valence-corrected chi connectivity index (χ0v) is 19.0. The molecule has 3 heteroatoms. The van der Waals surface area contributed by atoms with Crippen molar-refractivity contribution in [2.45, 2.75) is 122 Å². The lowest BCUT2D eigenvalue weighted by molar-refractivity contribution is -0.116. The number of rotatable bonds is 20. The Morgan fingerprint density at radius 1 is 0.690 bits per heavy atom. The number of ketones is 1. The molecule has 0 radical (unpaired) electrons. The number of hydrogen-bond acceptors (Lipinski definition) is 3. The molecule has 0 spiro atoms. The van der Waals surface area contributed by atoms with E-state index in [1.165, 1.54) is 69.8 Å². The van der Waals surface area contributed by atoms with Gasteiger partial charge in [-0.1, -0.05) is 82.1 Å². The number of unbranched alkanes of at least 4 members (excludes halogenated alkanes) is 13. The fourth-order valence-corrected chi connectivity index (χ4v) is 3.36. The monoisotopic (exact) mass is 406 g/mol. The predicted octanol–water partition coefficient (Wildman–Crippen LogP) is 6.51. The molecule has 0 fully saturated rings. The van der Waals surface area contributed by atoms with Gasteiger partial charge in [-0.15, -0.1) is 0 Å². The first-order valence-electron chi connectivity index (χ1n) is 12.1. The third-order valence-electron chi connectivity index (χ3n) is 5.20. The summed E-state index contributed by atoms with van der Waals surface area (Å²) < 4.78 is 0. The molecule has 0 atom stereocenters. The van der Waals surface area contributed by atoms with Gasteiger partial charge in [-0.3, -0.25) is 0 Å². The van der Waals surface area contributed by atoms with Gasteiger partial charge in [0.15, 0.2) is 0 Å². The lowest BCUT2D eigenvalue weighted by Crippen LogP contribution is -1.89. The summed E-state index contributed by atoms with van der Waals surface area (Å²) in [5.41, 5.74) is 1.22. The largest absolute Gasteiger partial charge is 0.396 e. The van der Waals surface area contributed by atoms with Crippen molar-refractivity contribution in [3.8, 4) is 11.8 Å². The Morgan fingerprint density at radius 3 is 1.69 bits per heavy atom. The number of carbonyl (C=O) groups excluding carboxylic acids is 1. The van der Waals surface area contributed by atoms with E-state index < -0.39 is 0 Å². The van der Waals surface area contributed by atoms with Crippen molar-refractivity contribution in [3.05, 3.63) is 11.6 Å². The maximum atomic E-state index is 11.2. The topological polar surface area (TPSA) is 57.5 Å². The molecule has 0 aliphatic heterocycles. The lowest BCUT2D eigenvalue weighted by atomic mass is 10.0. The van der Waals surface area contributed by atoms with Crippen LogP contribution < -0.4 is 0 Å². The Balaban J connectivity index is 4.00. The van der Waals surface area contributed by atoms with Crippen LogP contribution in [-0.4, -0.2) is 29.2 Å². The van der Waals surface area contributed by atoms with E-state index in [9.17, 15) is 4.79 Å². The molecule has 0 aromatic rings. The summed E-state index contributed by atoms with van der Waals surface area (Å²) in [5, 5.41) is 17.6. The summed E-state index contributed by atoms with van der Waals surface area (Å²) in [5.74, 6) is 6.97. The van der Waals surface area contributed by atoms with E-state index in [-0.39, 0.29) is 5.78 Å². The van der Waals surface area contributed by atoms with Crippen molar-refractivity contribution in [3.63, 3.8) is 0 Å². The van der Waals surface area contributed by atoms with Gasteiger partial charge in [-0.05, 0) is 51.0 Å². The Hall–Kier alpha value is -1.11. The third kappa shape index (κ3) is 23.0. The van der Waals surface area contributed by atoms with Crippen molar-refractivity contribution in [1.82, 2.24) is 0 Å². The predicted molar refractivity (Wildman–Crippen MR) is 124 cm³/mol. The number of carbonyl (C=O) groups is 1. The second-order valence-electron chi connectivity index (χ2n) is 8.17. The van der Waals surface area contributed by atoms with Crippen molar-refractivity contribution in [2.24, 2.45) is 0 Å². The molecule has 0 saturated heterocycles. The molecule has 168 valence electrons. The number of aliphatic hydroxyl groups is 2. The van der Waals surface area contributed by atoms with Crippen molar-refractivity contribution in [1.29, 1.82) is 0 Å². The molecule has 0 saturated carbocycles. The van der Waals surface area contributed by atoms with E-state index in [1.54, 1.807) is 6.92 Å². The molecule has 0 amide bonds. The summed E-state index contributed by atoms with van der Waals surface area (Å²) in [6, 6.07) is 0. The van der Waals surface area contributed by atoms with E-state index in [0.29, 0.717) is 19.6 Å². The van der Waals surface area contributed by atoms with Crippen LogP contribution in [0.5, 0.6) is 0 Å². The van der Waals surface area contributed by atoms with Crippen LogP contribution in [0.4, 0.5) is 0 Å². The van der Waals surface area contributed by atoms with E-state index in [2.05, 4.69) is 17.9 Å². The summed E-state index contributed by atoms with van der Waals surface area (Å²) in [6.07, 6.45) is 22.1. The fraction of sp³-hybridized carbons (Fsp3) is 0.808. The van der Waals surface area contributed by atoms with Gasteiger partial charge in [-0.25, -0.2) is 0 Å². The second-order valence-corrected chi connectivity index (χ2v) is 8.17. The molecular formula is C26H46O3. The average molecular weight is 407 g/mol. The van der Waals surface area contributed by atoms with Crippen molar-refractivity contribution >= 4 is 5.78 Å². The van der Waals surface area contributed by atoms with E-state index in [0.717, 1.165) is 44.9 Å². The minimum atomic E-state index is 0.246. The fourth-order valence-electron chi connectivity index (χ4n) is 3.36. The molecule has 0 aliphatic carbocycles. The van der Waals surface area contributed by atoms with Crippen LogP contribution in [0.25, 0.3) is 0 Å². The number of aliphatic hydroxyl groups excluding tert-OH is 2. The molecule has 29 heavy (non-hydrogen) atoms. The van der Waals surface area contributed by atoms with Gasteiger partial charge >= 0.3 is 0 Å². The number of hydrogen-bond donors (Lipinski definition) is 2. The van der Waals surface area contributed by atoms with Gasteiger partial charge in [0.2, 0.25) is 0 Å². The molecule has 0 unspecified atom stereocenters. The van der Waals surface area contributed by atoms with Gasteiger partial charge in [0.25, 0.3) is 0 Å². The van der Waals surface area contributed by atoms with Crippen LogP contribution in [0, 0.1) is 11.8 Å². The zero-order chi connectivity index (χ0) is 21.4. The van der Waals surface area contributed by atoms with E-state index >= 15 is 0 Å². The van der Waals surface area contributed by atoms with Crippen molar-refractivity contribution in [2.75, 3.05) is 13.2 Å². The molecule has 0 aromatic carbocycles. The molecule has 0 heterocycles. The molecular weight excluding hydrogens is 360 g/mol. The summed E-state index contributed by atoms with van der Waals surface area (Å²) in [7, 11) is 0. The third-order valence-corrected chi connectivity index (χ3v) is 5.20. The number of Topliss-reactive ketones (excluding diaryl/α,β-unsaturated/α-hetero) is 1. The molecule has 2 N–H and O–H groups in total. The normalized spacial score (nSPS) is 11.3. The van der Waals surface area contributed by atoms with E-state index in [1.807, 2.05) is 0 Å². The van der Waals surface area contributed by atoms with Crippen LogP contribution >= 0.6 is 0 Å². The standard InChI is InChI=1S/C26H46O3/c1-25(29)19-18-22-26(21-15-11-7-5-9-13-17-24-28)20-14-10-6-3-2-4-8-12-16-23-27/h22,27-28H,2-13,15-19,21,23-24H2,1H3/b26-22+. The summed E-state index contributed by atoms with van der Waals surface area (Å²) >= 11 is 0. The van der Waals surface area contributed by atoms with Crippen LogP contribution in [0.15, 0.2) is 11.6 Å². The SMILES string of the molecule is CC(=O)CC/C=C(\C#CCCCCCCCCCO)CCCCCCCCCO. The average Bonchev–Trinajstić information content (AvgIpc) is 2.70. The first-order valence-corrected chi connectivity index (χ1v) is 12.1. The molecule has 3 nitrogen and oxygen atoms in total. The first kappa shape index (κ1) is 27.9. The highest BCUT2D eigenvalue weighted by molar-refractivity contribution is 5.75. The highest BCUT2D eigenvalue weighted by atomic mass is 16.3. The summed E-state index contributed by atoms with van der Waals surface area (Å²) in [4.78, 5) is 11.2. The quantitative estimate of drug-likeness (QED) is 0.179. The maximum absolute atomic E-state index is 11.2. The van der Waals surface area contributed by atoms with Crippen LogP contribution in [0.1, 0.15) is 122 Å².